The molecule has 1 aromatic carbocycles. The molecule has 152 valence electrons. The van der Waals surface area contributed by atoms with Crippen LogP contribution in [0.15, 0.2) is 28.0 Å². The van der Waals surface area contributed by atoms with E-state index in [4.69, 9.17) is 11.6 Å². The number of hydrogen-bond acceptors (Lipinski definition) is 5. The maximum absolute atomic E-state index is 12.8. The summed E-state index contributed by atoms with van der Waals surface area (Å²) in [7, 11) is -2.31. The minimum Gasteiger partial charge on any atom is -0.325 e. The number of urea groups is 1. The number of carbonyl (C=O) groups excluding carboxylic acids is 2. The number of aromatic amines is 1. The van der Waals surface area contributed by atoms with Crippen LogP contribution in [0.3, 0.4) is 0 Å². The summed E-state index contributed by atoms with van der Waals surface area (Å²) in [5, 5.41) is 4.82. The highest BCUT2D eigenvalue weighted by Crippen LogP contribution is 2.34. The molecule has 2 amide bonds. The first kappa shape index (κ1) is 21.7. The Hall–Kier alpha value is -2.59. The molecule has 1 heterocycles. The van der Waals surface area contributed by atoms with Crippen LogP contribution in [0.5, 0.6) is 0 Å². The van der Waals surface area contributed by atoms with Crippen LogP contribution >= 0.6 is 11.6 Å². The standard InChI is InChI=1S/C17H21ClN4O5S/c1-5-22(6-2)17(25)20-14-12(28(4,26)27)8-7-10(13(14)18)15(23)11-9-19-21(3)16(11)24/h7-9,19H,5-6H2,1-4H3,(H,20,25). The number of hydrogen-bond donors (Lipinski definition) is 2. The molecule has 0 unspecified atom stereocenters. The Kier molecular flexibility index (Phi) is 6.35. The first-order valence-electron chi connectivity index (χ1n) is 8.40. The number of sulfone groups is 1. The lowest BCUT2D eigenvalue weighted by atomic mass is 10.1. The number of anilines is 1. The van der Waals surface area contributed by atoms with E-state index in [1.165, 1.54) is 30.3 Å². The summed E-state index contributed by atoms with van der Waals surface area (Å²) in [5.74, 6) is -0.690. The third-order valence-electron chi connectivity index (χ3n) is 4.21. The Morgan fingerprint density at radius 1 is 1.21 bits per heavy atom. The molecule has 0 atom stereocenters. The van der Waals surface area contributed by atoms with E-state index >= 15 is 0 Å². The minimum absolute atomic E-state index is 0.0967. The lowest BCUT2D eigenvalue weighted by molar-refractivity contribution is 0.103. The van der Waals surface area contributed by atoms with E-state index in [1.54, 1.807) is 13.8 Å². The van der Waals surface area contributed by atoms with Crippen LogP contribution < -0.4 is 10.9 Å². The number of nitrogens with zero attached hydrogens (tertiary/aromatic N) is 2. The Bertz CT molecular complexity index is 1080. The zero-order chi connectivity index (χ0) is 21.2. The van der Waals surface area contributed by atoms with Gasteiger partial charge in [0.25, 0.3) is 5.56 Å². The second-order valence-electron chi connectivity index (χ2n) is 6.06. The van der Waals surface area contributed by atoms with Crippen molar-refractivity contribution in [3.05, 3.63) is 44.8 Å². The molecule has 0 aliphatic rings. The van der Waals surface area contributed by atoms with Crippen LogP contribution in [-0.4, -0.2) is 54.3 Å². The topological polar surface area (TPSA) is 121 Å². The summed E-state index contributed by atoms with van der Waals surface area (Å²) in [6.45, 7) is 4.33. The monoisotopic (exact) mass is 428 g/mol. The van der Waals surface area contributed by atoms with E-state index in [2.05, 4.69) is 10.4 Å². The third kappa shape index (κ3) is 4.12. The zero-order valence-electron chi connectivity index (χ0n) is 15.9. The van der Waals surface area contributed by atoms with Crippen molar-refractivity contribution in [2.45, 2.75) is 18.7 Å². The highest BCUT2D eigenvalue weighted by Gasteiger charge is 2.26. The number of ketones is 1. The van der Waals surface area contributed by atoms with Crippen molar-refractivity contribution >= 4 is 38.9 Å². The summed E-state index contributed by atoms with van der Waals surface area (Å²) in [4.78, 5) is 38.4. The third-order valence-corrected chi connectivity index (χ3v) is 5.74. The molecule has 0 bridgehead atoms. The zero-order valence-corrected chi connectivity index (χ0v) is 17.4. The van der Waals surface area contributed by atoms with Gasteiger partial charge in [-0.2, -0.15) is 0 Å². The van der Waals surface area contributed by atoms with Crippen LogP contribution in [0.4, 0.5) is 10.5 Å². The van der Waals surface area contributed by atoms with E-state index in [9.17, 15) is 22.8 Å². The lowest BCUT2D eigenvalue weighted by Gasteiger charge is -2.21. The fourth-order valence-electron chi connectivity index (χ4n) is 2.63. The summed E-state index contributed by atoms with van der Waals surface area (Å²) in [5.41, 5.74) is -1.00. The molecule has 2 aromatic rings. The Balaban J connectivity index is 2.63. The number of nitrogens with one attached hydrogen (secondary N) is 2. The Morgan fingerprint density at radius 3 is 2.29 bits per heavy atom. The predicted octanol–water partition coefficient (Wildman–Crippen LogP) is 1.87. The van der Waals surface area contributed by atoms with Gasteiger partial charge in [-0.1, -0.05) is 11.6 Å². The van der Waals surface area contributed by atoms with Gasteiger partial charge < -0.3 is 15.3 Å². The van der Waals surface area contributed by atoms with Crippen molar-refractivity contribution in [1.82, 2.24) is 14.7 Å². The van der Waals surface area contributed by atoms with Gasteiger partial charge in [0.15, 0.2) is 9.84 Å². The van der Waals surface area contributed by atoms with Gasteiger partial charge in [0.05, 0.1) is 15.6 Å². The molecular formula is C17H21ClN4O5S. The number of rotatable bonds is 6. The van der Waals surface area contributed by atoms with Crippen LogP contribution in [0.2, 0.25) is 5.02 Å². The van der Waals surface area contributed by atoms with Crippen LogP contribution in [0.25, 0.3) is 0 Å². The van der Waals surface area contributed by atoms with E-state index in [0.717, 1.165) is 10.9 Å². The van der Waals surface area contributed by atoms with Gasteiger partial charge in [0.2, 0.25) is 5.78 Å². The van der Waals surface area contributed by atoms with Gasteiger partial charge in [0, 0.05) is 38.2 Å². The van der Waals surface area contributed by atoms with Crippen LogP contribution in [0.1, 0.15) is 29.8 Å². The average molecular weight is 429 g/mol. The van der Waals surface area contributed by atoms with Gasteiger partial charge in [0.1, 0.15) is 5.56 Å². The number of halogens is 1. The van der Waals surface area contributed by atoms with Gasteiger partial charge >= 0.3 is 6.03 Å². The molecule has 0 fully saturated rings. The fourth-order valence-corrected chi connectivity index (χ4v) is 3.82. The van der Waals surface area contributed by atoms with Crippen molar-refractivity contribution in [1.29, 1.82) is 0 Å². The minimum atomic E-state index is -3.75. The smallest absolute Gasteiger partial charge is 0.321 e. The summed E-state index contributed by atoms with van der Waals surface area (Å²) >= 11 is 6.32. The van der Waals surface area contributed by atoms with Crippen LogP contribution in [0, 0.1) is 0 Å². The summed E-state index contributed by atoms with van der Waals surface area (Å²) < 4.78 is 25.4. The molecule has 0 aliphatic carbocycles. The number of amides is 2. The molecule has 9 nitrogen and oxygen atoms in total. The molecule has 1 aromatic heterocycles. The highest BCUT2D eigenvalue weighted by atomic mass is 35.5. The van der Waals surface area contributed by atoms with Gasteiger partial charge in [-0.15, -0.1) is 0 Å². The molecule has 0 saturated carbocycles. The van der Waals surface area contributed by atoms with Crippen molar-refractivity contribution in [3.63, 3.8) is 0 Å². The maximum atomic E-state index is 12.8. The number of aryl methyl sites for hydroxylation is 1. The van der Waals surface area contributed by atoms with E-state index in [1.807, 2.05) is 0 Å². The molecule has 0 radical (unpaired) electrons. The van der Waals surface area contributed by atoms with Gasteiger partial charge in [-0.25, -0.2) is 13.2 Å². The van der Waals surface area contributed by atoms with Crippen LogP contribution in [-0.2, 0) is 16.9 Å². The van der Waals surface area contributed by atoms with Gasteiger partial charge in [-0.05, 0) is 26.0 Å². The lowest BCUT2D eigenvalue weighted by Crippen LogP contribution is -2.35. The van der Waals surface area contributed by atoms with Crippen molar-refractivity contribution in [2.24, 2.45) is 7.05 Å². The molecule has 0 saturated heterocycles. The van der Waals surface area contributed by atoms with Crippen molar-refractivity contribution in [2.75, 3.05) is 24.7 Å². The molecular weight excluding hydrogens is 408 g/mol. The van der Waals surface area contributed by atoms with E-state index in [-0.39, 0.29) is 26.7 Å². The SMILES string of the molecule is CCN(CC)C(=O)Nc1c(S(C)(=O)=O)ccc(C(=O)c2c[nH]n(C)c2=O)c1Cl. The number of aromatic nitrogens is 2. The van der Waals surface area contributed by atoms with Crippen molar-refractivity contribution in [3.8, 4) is 0 Å². The number of carbonyl (C=O) groups is 2. The average Bonchev–Trinajstić information content (AvgIpc) is 2.95. The highest BCUT2D eigenvalue weighted by molar-refractivity contribution is 7.90. The molecule has 0 spiro atoms. The second-order valence-corrected chi connectivity index (χ2v) is 8.42. The Labute approximate surface area is 167 Å². The second kappa shape index (κ2) is 8.19. The maximum Gasteiger partial charge on any atom is 0.321 e. The summed E-state index contributed by atoms with van der Waals surface area (Å²) in [6, 6.07) is 1.85. The largest absolute Gasteiger partial charge is 0.325 e. The van der Waals surface area contributed by atoms with Crippen molar-refractivity contribution < 1.29 is 18.0 Å². The predicted molar refractivity (Wildman–Crippen MR) is 106 cm³/mol. The molecule has 0 aliphatic heterocycles. The first-order valence-corrected chi connectivity index (χ1v) is 10.7. The quantitative estimate of drug-likeness (QED) is 0.680. The molecule has 28 heavy (non-hydrogen) atoms. The molecule has 2 rings (SSSR count). The van der Waals surface area contributed by atoms with E-state index < -0.39 is 27.2 Å². The van der Waals surface area contributed by atoms with Gasteiger partial charge in [-0.3, -0.25) is 14.3 Å². The summed E-state index contributed by atoms with van der Waals surface area (Å²) in [6.07, 6.45) is 2.20. The Morgan fingerprint density at radius 2 is 1.82 bits per heavy atom. The number of benzene rings is 1. The molecule has 2 N–H and O–H groups in total. The molecule has 11 heteroatoms. The fraction of sp³-hybridized carbons (Fsp3) is 0.353. The first-order chi connectivity index (χ1) is 13.0. The van der Waals surface area contributed by atoms with E-state index in [0.29, 0.717) is 13.1 Å². The number of H-pyrrole nitrogens is 1. The normalized spacial score (nSPS) is 11.3.